The smallest absolute Gasteiger partial charge is 0.342 e. The fourth-order valence-corrected chi connectivity index (χ4v) is 3.30. The summed E-state index contributed by atoms with van der Waals surface area (Å²) in [6.45, 7) is 3.33. The van der Waals surface area contributed by atoms with Gasteiger partial charge in [0.2, 0.25) is 0 Å². The van der Waals surface area contributed by atoms with E-state index in [1.807, 2.05) is 30.3 Å². The molecular formula is C25H27FN4O8. The Labute approximate surface area is 216 Å². The van der Waals surface area contributed by atoms with E-state index in [9.17, 15) is 28.9 Å². The van der Waals surface area contributed by atoms with Crippen LogP contribution < -0.4 is 5.73 Å². The highest BCUT2D eigenvalue weighted by atomic mass is 19.1. The zero-order valence-electron chi connectivity index (χ0n) is 20.6. The van der Waals surface area contributed by atoms with Crippen LogP contribution >= 0.6 is 0 Å². The van der Waals surface area contributed by atoms with Crippen molar-refractivity contribution in [1.82, 2.24) is 9.55 Å². The van der Waals surface area contributed by atoms with E-state index in [4.69, 9.17) is 20.7 Å². The molecule has 0 saturated carbocycles. The average Bonchev–Trinajstić information content (AvgIpc) is 3.24. The topological polar surface area (TPSA) is 188 Å². The van der Waals surface area contributed by atoms with Crippen molar-refractivity contribution < 1.29 is 38.6 Å². The van der Waals surface area contributed by atoms with Gasteiger partial charge < -0.3 is 30.8 Å². The highest BCUT2D eigenvalue weighted by Gasteiger charge is 2.21. The average molecular weight is 531 g/mol. The van der Waals surface area contributed by atoms with E-state index < -0.39 is 47.0 Å². The predicted molar refractivity (Wildman–Crippen MR) is 133 cm³/mol. The SMILES string of the molecule is Cc1ncc([N+](=O)[O-])n1CCOC(=O)[C@@H](C)c1ccc(-c2ccccc2)c(F)c1.NC(CC(=O)O)C(=O)O. The number of nitrogens with two attached hydrogens (primary N) is 1. The van der Waals surface area contributed by atoms with Crippen LogP contribution in [0.4, 0.5) is 10.2 Å². The maximum atomic E-state index is 14.5. The number of aromatic nitrogens is 2. The van der Waals surface area contributed by atoms with Crippen LogP contribution in [0, 0.1) is 22.9 Å². The number of rotatable bonds is 10. The number of aryl methyl sites for hydroxylation is 1. The highest BCUT2D eigenvalue weighted by molar-refractivity contribution is 5.80. The third-order valence-electron chi connectivity index (χ3n) is 5.42. The molecule has 1 heterocycles. The summed E-state index contributed by atoms with van der Waals surface area (Å²) >= 11 is 0. The highest BCUT2D eigenvalue weighted by Crippen LogP contribution is 2.26. The summed E-state index contributed by atoms with van der Waals surface area (Å²) in [6, 6.07) is 12.5. The van der Waals surface area contributed by atoms with Crippen LogP contribution in [0.3, 0.4) is 0 Å². The molecule has 1 unspecified atom stereocenters. The largest absolute Gasteiger partial charge is 0.481 e. The Balaban J connectivity index is 0.000000484. The minimum absolute atomic E-state index is 0.0498. The van der Waals surface area contributed by atoms with Crippen molar-refractivity contribution in [1.29, 1.82) is 0 Å². The number of carbonyl (C=O) groups excluding carboxylic acids is 1. The number of carboxylic acids is 2. The molecule has 1 aromatic heterocycles. The first-order valence-corrected chi connectivity index (χ1v) is 11.3. The van der Waals surface area contributed by atoms with Crippen molar-refractivity contribution >= 4 is 23.7 Å². The monoisotopic (exact) mass is 530 g/mol. The molecule has 0 aliphatic rings. The molecule has 0 saturated heterocycles. The summed E-state index contributed by atoms with van der Waals surface area (Å²) in [5.41, 5.74) is 6.54. The van der Waals surface area contributed by atoms with Crippen molar-refractivity contribution in [3.05, 3.63) is 82.0 Å². The fourth-order valence-electron chi connectivity index (χ4n) is 3.30. The van der Waals surface area contributed by atoms with Crippen LogP contribution in [-0.2, 0) is 25.7 Å². The van der Waals surface area contributed by atoms with Crippen molar-refractivity contribution in [2.75, 3.05) is 6.61 Å². The molecule has 0 spiro atoms. The van der Waals surface area contributed by atoms with Crippen molar-refractivity contribution in [2.24, 2.45) is 5.73 Å². The molecule has 4 N–H and O–H groups in total. The lowest BCUT2D eigenvalue weighted by Gasteiger charge is -2.13. The lowest BCUT2D eigenvalue weighted by molar-refractivity contribution is -0.392. The molecule has 0 radical (unpaired) electrons. The Hall–Kier alpha value is -4.65. The van der Waals surface area contributed by atoms with Gasteiger partial charge >= 0.3 is 23.7 Å². The molecule has 0 aliphatic carbocycles. The number of carboxylic acid groups (broad SMARTS) is 2. The molecule has 13 heteroatoms. The molecule has 3 rings (SSSR count). The van der Waals surface area contributed by atoms with E-state index >= 15 is 0 Å². The molecule has 0 amide bonds. The second kappa shape index (κ2) is 13.6. The quantitative estimate of drug-likeness (QED) is 0.200. The van der Waals surface area contributed by atoms with Gasteiger partial charge in [-0.2, -0.15) is 0 Å². The van der Waals surface area contributed by atoms with Gasteiger partial charge in [-0.05, 0) is 29.0 Å². The number of hydrogen-bond donors (Lipinski definition) is 3. The van der Waals surface area contributed by atoms with E-state index in [2.05, 4.69) is 4.98 Å². The van der Waals surface area contributed by atoms with Crippen LogP contribution in [0.2, 0.25) is 0 Å². The first-order valence-electron chi connectivity index (χ1n) is 11.3. The first-order chi connectivity index (χ1) is 17.9. The Bertz CT molecular complexity index is 1300. The lowest BCUT2D eigenvalue weighted by Crippen LogP contribution is -2.32. The molecule has 38 heavy (non-hydrogen) atoms. The molecule has 2 atom stereocenters. The third kappa shape index (κ3) is 8.20. The number of imidazole rings is 1. The summed E-state index contributed by atoms with van der Waals surface area (Å²) in [5.74, 6) is -3.82. The normalized spacial score (nSPS) is 12.0. The van der Waals surface area contributed by atoms with Crippen LogP contribution in [-0.4, -0.2) is 55.2 Å². The number of benzene rings is 2. The third-order valence-corrected chi connectivity index (χ3v) is 5.42. The molecule has 0 bridgehead atoms. The summed E-state index contributed by atoms with van der Waals surface area (Å²) in [6.07, 6.45) is 0.631. The van der Waals surface area contributed by atoms with Crippen LogP contribution in [0.1, 0.15) is 30.7 Å². The van der Waals surface area contributed by atoms with E-state index in [-0.39, 0.29) is 19.0 Å². The lowest BCUT2D eigenvalue weighted by atomic mass is 9.97. The number of esters is 1. The summed E-state index contributed by atoms with van der Waals surface area (Å²) < 4.78 is 21.1. The molecule has 2 aromatic carbocycles. The molecule has 3 aromatic rings. The molecule has 0 fully saturated rings. The number of carbonyl (C=O) groups is 3. The summed E-state index contributed by atoms with van der Waals surface area (Å²) in [5, 5.41) is 27.0. The van der Waals surface area contributed by atoms with Gasteiger partial charge in [0.05, 0.1) is 12.3 Å². The summed E-state index contributed by atoms with van der Waals surface area (Å²) in [7, 11) is 0. The van der Waals surface area contributed by atoms with E-state index in [1.165, 1.54) is 10.6 Å². The molecule has 202 valence electrons. The van der Waals surface area contributed by atoms with E-state index in [0.717, 1.165) is 11.8 Å². The Kier molecular flexibility index (Phi) is 10.6. The van der Waals surface area contributed by atoms with Gasteiger partial charge in [-0.25, -0.2) is 13.9 Å². The Morgan fingerprint density at radius 2 is 1.84 bits per heavy atom. The molecular weight excluding hydrogens is 503 g/mol. The maximum Gasteiger partial charge on any atom is 0.342 e. The van der Waals surface area contributed by atoms with Crippen LogP contribution in [0.5, 0.6) is 0 Å². The molecule has 12 nitrogen and oxygen atoms in total. The Morgan fingerprint density at radius 3 is 2.37 bits per heavy atom. The van der Waals surface area contributed by atoms with Crippen LogP contribution in [0.25, 0.3) is 11.1 Å². The van der Waals surface area contributed by atoms with Gasteiger partial charge in [-0.1, -0.05) is 42.5 Å². The van der Waals surface area contributed by atoms with Gasteiger partial charge in [0, 0.05) is 12.5 Å². The van der Waals surface area contributed by atoms with Gasteiger partial charge in [0.1, 0.15) is 31.2 Å². The minimum Gasteiger partial charge on any atom is -0.481 e. The molecule has 0 aliphatic heterocycles. The standard InChI is InChI=1S/C21H20FN3O4.C4H7NO4/c1-14(17-8-9-18(19(22)12-17)16-6-4-3-5-7-16)21(26)29-11-10-24-15(2)23-13-20(24)25(27)28;5-2(4(8)9)1-3(6)7/h3-9,12-14H,10-11H2,1-2H3;2H,1,5H2,(H,6,7)(H,8,9)/t14-;/m0./s1. The van der Waals surface area contributed by atoms with Crippen molar-refractivity contribution in [3.63, 3.8) is 0 Å². The van der Waals surface area contributed by atoms with Crippen molar-refractivity contribution in [2.45, 2.75) is 38.8 Å². The van der Waals surface area contributed by atoms with Gasteiger partial charge in [0.15, 0.2) is 5.82 Å². The van der Waals surface area contributed by atoms with Gasteiger partial charge in [-0.3, -0.25) is 14.4 Å². The fraction of sp³-hybridized carbons (Fsp3) is 0.280. The Morgan fingerprint density at radius 1 is 1.18 bits per heavy atom. The number of ether oxygens (including phenoxy) is 1. The van der Waals surface area contributed by atoms with Crippen LogP contribution in [0.15, 0.2) is 54.7 Å². The van der Waals surface area contributed by atoms with Crippen molar-refractivity contribution in [3.8, 4) is 11.1 Å². The zero-order chi connectivity index (χ0) is 28.4. The second-order valence-electron chi connectivity index (χ2n) is 8.11. The summed E-state index contributed by atoms with van der Waals surface area (Å²) in [4.78, 5) is 46.3. The maximum absolute atomic E-state index is 14.5. The van der Waals surface area contributed by atoms with E-state index in [0.29, 0.717) is 17.0 Å². The second-order valence-corrected chi connectivity index (χ2v) is 8.11. The van der Waals surface area contributed by atoms with Gasteiger partial charge in [0.25, 0.3) is 0 Å². The zero-order valence-corrected chi connectivity index (χ0v) is 20.6. The number of nitro groups is 1. The first kappa shape index (κ1) is 29.6. The number of hydrogen-bond acceptors (Lipinski definition) is 8. The number of nitrogens with zero attached hydrogens (tertiary/aromatic N) is 3. The number of aliphatic carboxylic acids is 2. The number of halogens is 1. The predicted octanol–water partition coefficient (Wildman–Crippen LogP) is 3.13. The minimum atomic E-state index is -1.29. The van der Waals surface area contributed by atoms with E-state index in [1.54, 1.807) is 26.0 Å². The van der Waals surface area contributed by atoms with Gasteiger partial charge in [-0.15, -0.1) is 0 Å².